The minimum atomic E-state index is -0.378. The van der Waals surface area contributed by atoms with Gasteiger partial charge in [0, 0.05) is 13.0 Å². The van der Waals surface area contributed by atoms with E-state index in [2.05, 4.69) is 9.80 Å². The van der Waals surface area contributed by atoms with Crippen LogP contribution in [0.25, 0.3) is 0 Å². The number of ketones is 1. The summed E-state index contributed by atoms with van der Waals surface area (Å²) >= 11 is 0. The normalized spacial score (nSPS) is 22.9. The molecule has 2 aliphatic heterocycles. The van der Waals surface area contributed by atoms with Gasteiger partial charge in [-0.2, -0.15) is 0 Å². The second-order valence-corrected chi connectivity index (χ2v) is 6.55. The molecule has 0 aromatic heterocycles. The summed E-state index contributed by atoms with van der Waals surface area (Å²) in [7, 11) is 0. The van der Waals surface area contributed by atoms with Crippen LogP contribution in [-0.4, -0.2) is 61.1 Å². The van der Waals surface area contributed by atoms with Crippen LogP contribution in [0.3, 0.4) is 0 Å². The molecule has 0 bridgehead atoms. The summed E-state index contributed by atoms with van der Waals surface area (Å²) in [5.74, 6) is -0.232. The van der Waals surface area contributed by atoms with Crippen molar-refractivity contribution in [3.8, 4) is 0 Å². The van der Waals surface area contributed by atoms with E-state index in [1.807, 2.05) is 0 Å². The molecular formula is C17H30N2O2. The number of hydrogen-bond donors (Lipinski definition) is 0. The van der Waals surface area contributed by atoms with Gasteiger partial charge in [-0.15, -0.1) is 0 Å². The van der Waals surface area contributed by atoms with Crippen molar-refractivity contribution >= 4 is 12.1 Å². The highest BCUT2D eigenvalue weighted by Gasteiger charge is 2.20. The van der Waals surface area contributed by atoms with Gasteiger partial charge in [-0.1, -0.05) is 12.8 Å². The number of rotatable bonds is 8. The first-order chi connectivity index (χ1) is 10.3. The molecule has 1 atom stereocenters. The van der Waals surface area contributed by atoms with Crippen molar-refractivity contribution in [2.24, 2.45) is 5.92 Å². The number of piperidine rings is 2. The predicted molar refractivity (Wildman–Crippen MR) is 84.4 cm³/mol. The van der Waals surface area contributed by atoms with Gasteiger partial charge in [-0.3, -0.25) is 4.79 Å². The average molecular weight is 294 g/mol. The van der Waals surface area contributed by atoms with Crippen molar-refractivity contribution in [1.82, 2.24) is 9.80 Å². The maximum atomic E-state index is 12.2. The number of hydrogen-bond acceptors (Lipinski definition) is 4. The maximum Gasteiger partial charge on any atom is 0.144 e. The van der Waals surface area contributed by atoms with Crippen molar-refractivity contribution in [1.29, 1.82) is 0 Å². The molecule has 2 fully saturated rings. The third-order valence-corrected chi connectivity index (χ3v) is 4.91. The Balaban J connectivity index is 1.66. The van der Waals surface area contributed by atoms with Crippen LogP contribution in [0.4, 0.5) is 0 Å². The molecule has 2 saturated heterocycles. The molecule has 0 saturated carbocycles. The zero-order valence-corrected chi connectivity index (χ0v) is 13.3. The highest BCUT2D eigenvalue weighted by Crippen LogP contribution is 2.13. The number of aldehydes is 1. The number of nitrogens with zero attached hydrogens (tertiary/aromatic N) is 2. The lowest BCUT2D eigenvalue weighted by Gasteiger charge is -2.28. The summed E-state index contributed by atoms with van der Waals surface area (Å²) in [6.45, 7) is 6.24. The standard InChI is InChI=1S/C17H30N2O2/c20-15-16(7-13-18-9-3-1-4-10-18)17(21)8-14-19-11-5-2-6-12-19/h15-16H,1-14H2. The van der Waals surface area contributed by atoms with Crippen LogP contribution >= 0.6 is 0 Å². The lowest BCUT2D eigenvalue weighted by Crippen LogP contribution is -2.34. The van der Waals surface area contributed by atoms with Crippen LogP contribution < -0.4 is 0 Å². The fourth-order valence-corrected chi connectivity index (χ4v) is 3.45. The predicted octanol–water partition coefficient (Wildman–Crippen LogP) is 2.12. The smallest absolute Gasteiger partial charge is 0.144 e. The quantitative estimate of drug-likeness (QED) is 0.508. The van der Waals surface area contributed by atoms with Crippen molar-refractivity contribution in [2.75, 3.05) is 39.3 Å². The number of carbonyl (C=O) groups is 2. The van der Waals surface area contributed by atoms with E-state index in [1.54, 1.807) is 0 Å². The molecule has 1 unspecified atom stereocenters. The number of Topliss-reactive ketones (excluding diaryl/α,β-unsaturated/α-hetero) is 1. The lowest BCUT2D eigenvalue weighted by molar-refractivity contribution is -0.128. The van der Waals surface area contributed by atoms with Crippen LogP contribution in [0.1, 0.15) is 51.4 Å². The highest BCUT2D eigenvalue weighted by atomic mass is 16.1. The van der Waals surface area contributed by atoms with Gasteiger partial charge in [0.2, 0.25) is 0 Å². The van der Waals surface area contributed by atoms with E-state index in [0.717, 1.165) is 45.6 Å². The van der Waals surface area contributed by atoms with Crippen molar-refractivity contribution < 1.29 is 9.59 Å². The second kappa shape index (κ2) is 9.31. The highest BCUT2D eigenvalue weighted by molar-refractivity contribution is 5.93. The molecule has 0 radical (unpaired) electrons. The Morgan fingerprint density at radius 3 is 1.90 bits per heavy atom. The van der Waals surface area contributed by atoms with E-state index in [0.29, 0.717) is 12.8 Å². The summed E-state index contributed by atoms with van der Waals surface area (Å²) in [4.78, 5) is 28.2. The summed E-state index contributed by atoms with van der Waals surface area (Å²) in [6.07, 6.45) is 9.79. The Hall–Kier alpha value is -0.740. The van der Waals surface area contributed by atoms with Crippen LogP contribution in [0, 0.1) is 5.92 Å². The zero-order chi connectivity index (χ0) is 14.9. The van der Waals surface area contributed by atoms with Crippen molar-refractivity contribution in [3.05, 3.63) is 0 Å². The second-order valence-electron chi connectivity index (χ2n) is 6.55. The molecule has 120 valence electrons. The van der Waals surface area contributed by atoms with Crippen molar-refractivity contribution in [2.45, 2.75) is 51.4 Å². The largest absolute Gasteiger partial charge is 0.303 e. The molecule has 2 aliphatic rings. The first-order valence-corrected chi connectivity index (χ1v) is 8.72. The Bertz CT molecular complexity index is 321. The Morgan fingerprint density at radius 2 is 1.38 bits per heavy atom. The maximum absolute atomic E-state index is 12.2. The summed E-state index contributed by atoms with van der Waals surface area (Å²) in [5, 5.41) is 0. The first-order valence-electron chi connectivity index (χ1n) is 8.72. The molecule has 0 aliphatic carbocycles. The van der Waals surface area contributed by atoms with Gasteiger partial charge in [0.25, 0.3) is 0 Å². The van der Waals surface area contributed by atoms with Gasteiger partial charge in [-0.25, -0.2) is 0 Å². The third-order valence-electron chi connectivity index (χ3n) is 4.91. The van der Waals surface area contributed by atoms with E-state index in [-0.39, 0.29) is 11.7 Å². The Morgan fingerprint density at radius 1 is 0.857 bits per heavy atom. The zero-order valence-electron chi connectivity index (χ0n) is 13.3. The van der Waals surface area contributed by atoms with Gasteiger partial charge in [-0.05, 0) is 64.8 Å². The average Bonchev–Trinajstić information content (AvgIpc) is 2.55. The number of likely N-dealkylation sites (tertiary alicyclic amines) is 2. The summed E-state index contributed by atoms with van der Waals surface area (Å²) in [6, 6.07) is 0. The molecule has 4 heteroatoms. The van der Waals surface area contributed by atoms with Gasteiger partial charge in [0.15, 0.2) is 0 Å². The van der Waals surface area contributed by atoms with Gasteiger partial charge in [0.05, 0.1) is 5.92 Å². The molecule has 4 nitrogen and oxygen atoms in total. The summed E-state index contributed by atoms with van der Waals surface area (Å²) < 4.78 is 0. The van der Waals surface area contributed by atoms with Gasteiger partial charge >= 0.3 is 0 Å². The molecule has 2 heterocycles. The minimum absolute atomic E-state index is 0.146. The molecule has 0 aromatic rings. The molecular weight excluding hydrogens is 264 g/mol. The van der Waals surface area contributed by atoms with E-state index >= 15 is 0 Å². The monoisotopic (exact) mass is 294 g/mol. The SMILES string of the molecule is O=CC(CCN1CCCCC1)C(=O)CCN1CCCCC1. The van der Waals surface area contributed by atoms with Crippen LogP contribution in [0.5, 0.6) is 0 Å². The molecule has 0 aromatic carbocycles. The fourth-order valence-electron chi connectivity index (χ4n) is 3.45. The van der Waals surface area contributed by atoms with E-state index in [9.17, 15) is 9.59 Å². The van der Waals surface area contributed by atoms with Crippen molar-refractivity contribution in [3.63, 3.8) is 0 Å². The van der Waals surface area contributed by atoms with Crippen LogP contribution in [0.15, 0.2) is 0 Å². The van der Waals surface area contributed by atoms with Gasteiger partial charge in [0.1, 0.15) is 12.1 Å². The van der Waals surface area contributed by atoms with E-state index < -0.39 is 0 Å². The van der Waals surface area contributed by atoms with E-state index in [4.69, 9.17) is 0 Å². The molecule has 2 rings (SSSR count). The van der Waals surface area contributed by atoms with Crippen LogP contribution in [0.2, 0.25) is 0 Å². The summed E-state index contributed by atoms with van der Waals surface area (Å²) in [5.41, 5.74) is 0. The Labute approximate surface area is 128 Å². The number of carbonyl (C=O) groups excluding carboxylic acids is 2. The van der Waals surface area contributed by atoms with E-state index in [1.165, 1.54) is 38.5 Å². The Kier molecular flexibility index (Phi) is 7.37. The van der Waals surface area contributed by atoms with Gasteiger partial charge < -0.3 is 14.6 Å². The molecule has 0 N–H and O–H groups in total. The third kappa shape index (κ3) is 5.87. The van der Waals surface area contributed by atoms with Crippen LogP contribution in [-0.2, 0) is 9.59 Å². The fraction of sp³-hybridized carbons (Fsp3) is 0.882. The molecule has 0 amide bonds. The topological polar surface area (TPSA) is 40.6 Å². The molecule has 21 heavy (non-hydrogen) atoms. The lowest BCUT2D eigenvalue weighted by atomic mass is 9.98. The first kappa shape index (κ1) is 16.6. The molecule has 0 spiro atoms. The minimum Gasteiger partial charge on any atom is -0.303 e.